The first-order valence-electron chi connectivity index (χ1n) is 7.58. The summed E-state index contributed by atoms with van der Waals surface area (Å²) in [6.07, 6.45) is 2.83. The van der Waals surface area contributed by atoms with Gasteiger partial charge in [-0.15, -0.1) is 0 Å². The molecule has 4 nitrogen and oxygen atoms in total. The number of rotatable bonds is 1. The molecule has 1 aromatic carbocycles. The zero-order chi connectivity index (χ0) is 15.9. The highest BCUT2D eigenvalue weighted by Gasteiger charge is 2.31. The smallest absolute Gasteiger partial charge is 0.410 e. The largest absolute Gasteiger partial charge is 0.444 e. The maximum absolute atomic E-state index is 12.2. The number of aromatic nitrogens is 1. The van der Waals surface area contributed by atoms with Crippen LogP contribution >= 0.6 is 15.9 Å². The van der Waals surface area contributed by atoms with E-state index in [1.807, 2.05) is 31.7 Å². The van der Waals surface area contributed by atoms with Gasteiger partial charge in [0.15, 0.2) is 0 Å². The van der Waals surface area contributed by atoms with E-state index in [9.17, 15) is 4.79 Å². The van der Waals surface area contributed by atoms with Crippen LogP contribution in [-0.2, 0) is 4.74 Å². The van der Waals surface area contributed by atoms with Crippen molar-refractivity contribution in [1.29, 1.82) is 0 Å². The van der Waals surface area contributed by atoms with Gasteiger partial charge in [0.25, 0.3) is 0 Å². The molecule has 0 unspecified atom stereocenters. The molecule has 0 bridgehead atoms. The van der Waals surface area contributed by atoms with Gasteiger partial charge in [0.2, 0.25) is 0 Å². The third kappa shape index (κ3) is 3.14. The van der Waals surface area contributed by atoms with E-state index in [0.29, 0.717) is 12.5 Å². The highest BCUT2D eigenvalue weighted by molar-refractivity contribution is 9.10. The zero-order valence-electron chi connectivity index (χ0n) is 13.1. The molecule has 1 aliphatic rings. The third-order valence-electron chi connectivity index (χ3n) is 3.96. The summed E-state index contributed by atoms with van der Waals surface area (Å²) in [5.41, 5.74) is 1.97. The number of aromatic amines is 1. The summed E-state index contributed by atoms with van der Waals surface area (Å²) in [6, 6.07) is 6.24. The molecular formula is C17H21BrN2O2. The minimum absolute atomic E-state index is 0.212. The first kappa shape index (κ1) is 15.4. The van der Waals surface area contributed by atoms with Crippen molar-refractivity contribution in [3.05, 3.63) is 34.4 Å². The number of likely N-dealkylation sites (tertiary alicyclic amines) is 1. The van der Waals surface area contributed by atoms with Gasteiger partial charge < -0.3 is 14.6 Å². The number of benzene rings is 1. The van der Waals surface area contributed by atoms with Crippen LogP contribution in [0.2, 0.25) is 0 Å². The van der Waals surface area contributed by atoms with Crippen LogP contribution in [-0.4, -0.2) is 34.7 Å². The van der Waals surface area contributed by atoms with Crippen LogP contribution in [0.1, 0.15) is 38.7 Å². The molecule has 2 heterocycles. The van der Waals surface area contributed by atoms with Gasteiger partial charge in [-0.25, -0.2) is 4.79 Å². The second-order valence-electron chi connectivity index (χ2n) is 6.85. The predicted octanol–water partition coefficient (Wildman–Crippen LogP) is 4.65. The first-order valence-corrected chi connectivity index (χ1v) is 8.37. The maximum Gasteiger partial charge on any atom is 0.410 e. The normalized spacial score (nSPS) is 18.9. The lowest BCUT2D eigenvalue weighted by atomic mass is 9.98. The number of halogens is 1. The van der Waals surface area contributed by atoms with Crippen molar-refractivity contribution in [2.24, 2.45) is 0 Å². The Morgan fingerprint density at radius 2 is 2.18 bits per heavy atom. The third-order valence-corrected chi connectivity index (χ3v) is 4.45. The highest BCUT2D eigenvalue weighted by atomic mass is 79.9. The van der Waals surface area contributed by atoms with E-state index in [4.69, 9.17) is 4.74 Å². The molecule has 118 valence electrons. The van der Waals surface area contributed by atoms with Gasteiger partial charge in [0.05, 0.1) is 0 Å². The van der Waals surface area contributed by atoms with E-state index in [-0.39, 0.29) is 6.09 Å². The van der Waals surface area contributed by atoms with Gasteiger partial charge in [-0.1, -0.05) is 15.9 Å². The highest BCUT2D eigenvalue weighted by Crippen LogP contribution is 2.34. The average Bonchev–Trinajstić information content (AvgIpc) is 3.01. The molecule has 1 amide bonds. The fourth-order valence-corrected chi connectivity index (χ4v) is 3.32. The minimum atomic E-state index is -0.444. The van der Waals surface area contributed by atoms with Crippen LogP contribution in [0.3, 0.4) is 0 Å². The van der Waals surface area contributed by atoms with Gasteiger partial charge in [0, 0.05) is 40.6 Å². The molecule has 22 heavy (non-hydrogen) atoms. The van der Waals surface area contributed by atoms with Crippen LogP contribution in [0.5, 0.6) is 0 Å². The van der Waals surface area contributed by atoms with E-state index in [0.717, 1.165) is 23.0 Å². The van der Waals surface area contributed by atoms with E-state index in [1.54, 1.807) is 0 Å². The van der Waals surface area contributed by atoms with E-state index in [2.05, 4.69) is 39.2 Å². The fraction of sp³-hybridized carbons (Fsp3) is 0.471. The molecule has 3 rings (SSSR count). The van der Waals surface area contributed by atoms with Crippen LogP contribution < -0.4 is 0 Å². The fourth-order valence-electron chi connectivity index (χ4n) is 2.96. The summed E-state index contributed by atoms with van der Waals surface area (Å²) < 4.78 is 6.54. The van der Waals surface area contributed by atoms with Crippen LogP contribution in [0.4, 0.5) is 4.79 Å². The Labute approximate surface area is 139 Å². The van der Waals surface area contributed by atoms with Crippen molar-refractivity contribution in [3.8, 4) is 0 Å². The van der Waals surface area contributed by atoms with Gasteiger partial charge in [-0.05, 0) is 51.0 Å². The second-order valence-corrected chi connectivity index (χ2v) is 7.76. The van der Waals surface area contributed by atoms with Gasteiger partial charge in [-0.3, -0.25) is 0 Å². The predicted molar refractivity (Wildman–Crippen MR) is 91.2 cm³/mol. The maximum atomic E-state index is 12.2. The molecule has 0 spiro atoms. The summed E-state index contributed by atoms with van der Waals surface area (Å²) in [5, 5.41) is 1.23. The summed E-state index contributed by atoms with van der Waals surface area (Å²) in [4.78, 5) is 17.3. The van der Waals surface area contributed by atoms with E-state index in [1.165, 1.54) is 10.9 Å². The Kier molecular flexibility index (Phi) is 3.93. The molecular weight excluding hydrogens is 344 g/mol. The minimum Gasteiger partial charge on any atom is -0.444 e. The lowest BCUT2D eigenvalue weighted by Gasteiger charge is -2.24. The average molecular weight is 365 g/mol. The number of amides is 1. The van der Waals surface area contributed by atoms with Crippen molar-refractivity contribution < 1.29 is 9.53 Å². The Bertz CT molecular complexity index is 702. The van der Waals surface area contributed by atoms with Crippen LogP contribution in [0.15, 0.2) is 28.9 Å². The van der Waals surface area contributed by atoms with Crippen LogP contribution in [0, 0.1) is 0 Å². The quantitative estimate of drug-likeness (QED) is 0.799. The summed E-state index contributed by atoms with van der Waals surface area (Å²) >= 11 is 3.53. The molecule has 1 saturated heterocycles. The molecule has 1 atom stereocenters. The monoisotopic (exact) mass is 364 g/mol. The molecule has 2 aromatic rings. The molecule has 1 aliphatic heterocycles. The summed E-state index contributed by atoms with van der Waals surface area (Å²) in [7, 11) is 0. The number of fused-ring (bicyclic) bond motifs is 1. The molecule has 5 heteroatoms. The number of carbonyl (C=O) groups excluding carboxylic acids is 1. The lowest BCUT2D eigenvalue weighted by molar-refractivity contribution is 0.0292. The van der Waals surface area contributed by atoms with Crippen molar-refractivity contribution in [2.75, 3.05) is 13.1 Å². The van der Waals surface area contributed by atoms with Gasteiger partial charge >= 0.3 is 6.09 Å². The number of hydrogen-bond acceptors (Lipinski definition) is 2. The summed E-state index contributed by atoms with van der Waals surface area (Å²) in [5.74, 6) is 0.357. The van der Waals surface area contributed by atoms with E-state index >= 15 is 0 Å². The molecule has 0 radical (unpaired) electrons. The van der Waals surface area contributed by atoms with Crippen molar-refractivity contribution in [3.63, 3.8) is 0 Å². The Balaban J connectivity index is 1.77. The van der Waals surface area contributed by atoms with Crippen molar-refractivity contribution in [1.82, 2.24) is 9.88 Å². The topological polar surface area (TPSA) is 45.3 Å². The Hall–Kier alpha value is -1.49. The number of hydrogen-bond donors (Lipinski definition) is 1. The Morgan fingerprint density at radius 1 is 1.41 bits per heavy atom. The van der Waals surface area contributed by atoms with E-state index < -0.39 is 5.60 Å². The second kappa shape index (κ2) is 5.61. The van der Waals surface area contributed by atoms with Crippen molar-refractivity contribution >= 4 is 32.9 Å². The van der Waals surface area contributed by atoms with Crippen molar-refractivity contribution in [2.45, 2.75) is 38.7 Å². The molecule has 1 N–H and O–H groups in total. The molecule has 0 aliphatic carbocycles. The number of carbonyl (C=O) groups is 1. The number of nitrogens with zero attached hydrogens (tertiary/aromatic N) is 1. The zero-order valence-corrected chi connectivity index (χ0v) is 14.7. The number of nitrogens with one attached hydrogen (secondary N) is 1. The summed E-state index contributed by atoms with van der Waals surface area (Å²) in [6.45, 7) is 7.16. The number of H-pyrrole nitrogens is 1. The first-order chi connectivity index (χ1) is 10.3. The Morgan fingerprint density at radius 3 is 2.91 bits per heavy atom. The molecule has 1 aromatic heterocycles. The number of ether oxygens (including phenoxy) is 1. The van der Waals surface area contributed by atoms with Gasteiger partial charge in [0.1, 0.15) is 5.60 Å². The molecule has 1 fully saturated rings. The standard InChI is InChI=1S/C17H21BrN2O2/c1-17(2,3)22-16(21)20-7-6-11(10-20)14-9-19-15-5-4-12(18)8-13(14)15/h4-5,8-9,11,19H,6-7,10H2,1-3H3/t11-/m0/s1. The van der Waals surface area contributed by atoms with Gasteiger partial charge in [-0.2, -0.15) is 0 Å². The lowest BCUT2D eigenvalue weighted by Crippen LogP contribution is -2.35. The SMILES string of the molecule is CC(C)(C)OC(=O)N1CC[C@H](c2c[nH]c3ccc(Br)cc23)C1. The van der Waals surface area contributed by atoms with Crippen LogP contribution in [0.25, 0.3) is 10.9 Å². The molecule has 0 saturated carbocycles.